The van der Waals surface area contributed by atoms with Gasteiger partial charge in [-0.2, -0.15) is 16.9 Å². The number of urea groups is 1. The number of aryl methyl sites for hydroxylation is 3. The van der Waals surface area contributed by atoms with Gasteiger partial charge in [-0.3, -0.25) is 9.72 Å². The lowest BCUT2D eigenvalue weighted by atomic mass is 10.1. The Morgan fingerprint density at radius 2 is 1.68 bits per heavy atom. The molecule has 0 spiro atoms. The fourth-order valence-corrected chi connectivity index (χ4v) is 6.57. The molecule has 3 heterocycles. The normalized spacial score (nSPS) is 11.6. The van der Waals surface area contributed by atoms with Gasteiger partial charge in [0.05, 0.1) is 21.7 Å². The van der Waals surface area contributed by atoms with E-state index < -0.39 is 0 Å². The highest BCUT2D eigenvalue weighted by Crippen LogP contribution is 2.36. The number of rotatable bonds is 9. The highest BCUT2D eigenvalue weighted by Gasteiger charge is 2.25. The van der Waals surface area contributed by atoms with Crippen molar-refractivity contribution in [2.24, 2.45) is 0 Å². The van der Waals surface area contributed by atoms with E-state index in [-0.39, 0.29) is 16.5 Å². The minimum Gasteiger partial charge on any atom is -0.507 e. The summed E-state index contributed by atoms with van der Waals surface area (Å²) in [5.41, 5.74) is 7.26. The Hall–Kier alpha value is -4.74. The molecule has 0 saturated carbocycles. The molecule has 0 unspecified atom stereocenters. The van der Waals surface area contributed by atoms with E-state index in [1.165, 1.54) is 0 Å². The van der Waals surface area contributed by atoms with E-state index in [1.807, 2.05) is 76.8 Å². The molecule has 6 aromatic rings. The molecule has 0 fully saturated rings. The summed E-state index contributed by atoms with van der Waals surface area (Å²) in [7, 11) is 0. The molecule has 3 aromatic heterocycles. The van der Waals surface area contributed by atoms with Gasteiger partial charge < -0.3 is 10.4 Å². The number of anilines is 1. The van der Waals surface area contributed by atoms with Gasteiger partial charge >= 0.3 is 6.03 Å². The number of pyridine rings is 1. The van der Waals surface area contributed by atoms with Crippen molar-refractivity contribution in [3.8, 4) is 22.8 Å². The number of phenolic OH excluding ortho intramolecular Hbond substituents is 1. The zero-order valence-corrected chi connectivity index (χ0v) is 28.8. The first-order chi connectivity index (χ1) is 22.5. The number of carbonyl (C=O) groups excluding carboxylic acids is 1. The lowest BCUT2D eigenvalue weighted by molar-refractivity contribution is 0.251. The van der Waals surface area contributed by atoms with Gasteiger partial charge in [-0.05, 0) is 106 Å². The van der Waals surface area contributed by atoms with Crippen LogP contribution in [0, 0.1) is 20.8 Å². The van der Waals surface area contributed by atoms with Crippen LogP contribution in [0.15, 0.2) is 94.9 Å². The number of hydrogen-bond donors (Lipinski definition) is 3. The quantitative estimate of drug-likeness (QED) is 0.143. The molecule has 3 N–H and O–H groups in total. The zero-order valence-electron chi connectivity index (χ0n) is 27.2. The monoisotopic (exact) mass is 663 g/mol. The maximum atomic E-state index is 13.3. The van der Waals surface area contributed by atoms with Crippen LogP contribution in [0.1, 0.15) is 41.8 Å². The summed E-state index contributed by atoms with van der Waals surface area (Å²) in [6.45, 7) is 10.6. The molecule has 9 nitrogen and oxygen atoms in total. The van der Waals surface area contributed by atoms with Crippen molar-refractivity contribution in [3.05, 3.63) is 113 Å². The van der Waals surface area contributed by atoms with E-state index in [2.05, 4.69) is 73.0 Å². The fourth-order valence-electron chi connectivity index (χ4n) is 5.30. The van der Waals surface area contributed by atoms with Crippen molar-refractivity contribution in [2.45, 2.75) is 55.7 Å². The fraction of sp³-hybridized carbons (Fsp3) is 0.222. The molecular formula is C36H37N7O2S2. The van der Waals surface area contributed by atoms with E-state index in [4.69, 9.17) is 5.10 Å². The highest BCUT2D eigenvalue weighted by molar-refractivity contribution is 7.99. The average Bonchev–Trinajstić information content (AvgIpc) is 3.65. The van der Waals surface area contributed by atoms with Gasteiger partial charge in [0.25, 0.3) is 0 Å². The Bertz CT molecular complexity index is 2080. The summed E-state index contributed by atoms with van der Waals surface area (Å²) < 4.78 is 3.46. The summed E-state index contributed by atoms with van der Waals surface area (Å²) in [4.78, 5) is 15.3. The van der Waals surface area contributed by atoms with Crippen molar-refractivity contribution in [1.82, 2.24) is 29.7 Å². The lowest BCUT2D eigenvalue weighted by Gasteiger charge is -2.18. The molecule has 0 bridgehead atoms. The summed E-state index contributed by atoms with van der Waals surface area (Å²) in [5.74, 6) is 1.33. The van der Waals surface area contributed by atoms with Crippen LogP contribution < -0.4 is 10.6 Å². The molecule has 11 heteroatoms. The van der Waals surface area contributed by atoms with E-state index in [1.54, 1.807) is 29.6 Å². The van der Waals surface area contributed by atoms with Crippen molar-refractivity contribution in [1.29, 1.82) is 0 Å². The third-order valence-electron chi connectivity index (χ3n) is 7.94. The molecule has 0 atom stereocenters. The number of nitrogens with zero attached hydrogens (tertiary/aromatic N) is 5. The molecule has 6 rings (SSSR count). The second-order valence-corrected chi connectivity index (χ2v) is 14.6. The third-order valence-corrected chi connectivity index (χ3v) is 10.3. The zero-order chi connectivity index (χ0) is 33.3. The minimum atomic E-state index is -0.322. The van der Waals surface area contributed by atoms with Gasteiger partial charge in [-0.25, -0.2) is 9.48 Å². The first kappa shape index (κ1) is 32.2. The molecule has 0 saturated heterocycles. The number of nitrogens with one attached hydrogen (secondary N) is 2. The van der Waals surface area contributed by atoms with Crippen LogP contribution in [-0.2, 0) is 11.3 Å². The lowest BCUT2D eigenvalue weighted by Crippen LogP contribution is -2.29. The van der Waals surface area contributed by atoms with Gasteiger partial charge in [0, 0.05) is 28.6 Å². The van der Waals surface area contributed by atoms with Crippen LogP contribution in [-0.4, -0.2) is 41.8 Å². The Balaban J connectivity index is 1.21. The minimum absolute atomic E-state index is 0.160. The van der Waals surface area contributed by atoms with E-state index >= 15 is 0 Å². The Kier molecular flexibility index (Phi) is 9.03. The molecular weight excluding hydrogens is 627 g/mol. The van der Waals surface area contributed by atoms with Crippen LogP contribution in [0.4, 0.5) is 10.6 Å². The first-order valence-corrected chi connectivity index (χ1v) is 17.2. The van der Waals surface area contributed by atoms with Crippen molar-refractivity contribution < 1.29 is 9.90 Å². The number of aromatic hydroxyl groups is 1. The summed E-state index contributed by atoms with van der Waals surface area (Å²) in [6.07, 6.45) is 4.02. The number of carbonyl (C=O) groups is 1. The first-order valence-electron chi connectivity index (χ1n) is 15.2. The number of aromatic nitrogens is 5. The van der Waals surface area contributed by atoms with Crippen molar-refractivity contribution in [2.75, 3.05) is 11.6 Å². The molecule has 0 aliphatic heterocycles. The Labute approximate surface area is 282 Å². The van der Waals surface area contributed by atoms with Crippen LogP contribution >= 0.6 is 23.5 Å². The molecule has 0 aliphatic rings. The largest absolute Gasteiger partial charge is 0.507 e. The SMILES string of the molecule is CSC(C)(C)c1cc(NC(=O)NCc2ccccc2Sc2ccc3nnc(-c4ccc(C)cc4O)n3c2)n(-c2cc(C)cc(C)c2)n1. The molecule has 2 amide bonds. The van der Waals surface area contributed by atoms with Crippen molar-refractivity contribution >= 4 is 41.0 Å². The molecule has 47 heavy (non-hydrogen) atoms. The van der Waals surface area contributed by atoms with E-state index in [0.29, 0.717) is 29.4 Å². The van der Waals surface area contributed by atoms with Gasteiger partial charge in [0.1, 0.15) is 11.6 Å². The van der Waals surface area contributed by atoms with Crippen LogP contribution in [0.2, 0.25) is 0 Å². The third kappa shape index (κ3) is 7.01. The highest BCUT2D eigenvalue weighted by atomic mass is 32.2. The van der Waals surface area contributed by atoms with Crippen LogP contribution in [0.25, 0.3) is 22.7 Å². The van der Waals surface area contributed by atoms with Gasteiger partial charge in [-0.1, -0.05) is 42.1 Å². The van der Waals surface area contributed by atoms with Gasteiger partial charge in [0.2, 0.25) is 0 Å². The average molecular weight is 664 g/mol. The molecule has 3 aromatic carbocycles. The van der Waals surface area contributed by atoms with Gasteiger partial charge in [-0.15, -0.1) is 10.2 Å². The summed E-state index contributed by atoms with van der Waals surface area (Å²) in [6, 6.07) is 25.3. The predicted molar refractivity (Wildman–Crippen MR) is 191 cm³/mol. The van der Waals surface area contributed by atoms with E-state index in [0.717, 1.165) is 43.4 Å². The van der Waals surface area contributed by atoms with Crippen molar-refractivity contribution in [3.63, 3.8) is 0 Å². The number of thioether (sulfide) groups is 1. The second-order valence-electron chi connectivity index (χ2n) is 12.0. The summed E-state index contributed by atoms with van der Waals surface area (Å²) in [5, 5.41) is 30.2. The summed E-state index contributed by atoms with van der Waals surface area (Å²) >= 11 is 3.29. The Morgan fingerprint density at radius 1 is 0.915 bits per heavy atom. The number of amides is 2. The van der Waals surface area contributed by atoms with Crippen LogP contribution in [0.5, 0.6) is 5.75 Å². The molecule has 0 aliphatic carbocycles. The topological polar surface area (TPSA) is 109 Å². The maximum absolute atomic E-state index is 13.3. The van der Waals surface area contributed by atoms with Gasteiger partial charge in [0.15, 0.2) is 11.5 Å². The maximum Gasteiger partial charge on any atom is 0.320 e. The van der Waals surface area contributed by atoms with Crippen LogP contribution in [0.3, 0.4) is 0 Å². The second kappa shape index (κ2) is 13.2. The number of fused-ring (bicyclic) bond motifs is 1. The number of benzene rings is 3. The molecule has 0 radical (unpaired) electrons. The van der Waals surface area contributed by atoms with E-state index in [9.17, 15) is 9.90 Å². The Morgan fingerprint density at radius 3 is 2.43 bits per heavy atom. The smallest absolute Gasteiger partial charge is 0.320 e. The number of phenols is 1. The molecule has 240 valence electrons. The predicted octanol–water partition coefficient (Wildman–Crippen LogP) is 8.28. The number of hydrogen-bond acceptors (Lipinski definition) is 7. The standard InChI is InChI=1S/C36H37N7O2S2/c1-22-11-13-28(29(44)18-22)34-40-39-32-14-12-27(21-42(32)34)47-30-10-8-7-9-25(30)20-37-35(45)38-33-19-31(36(4,5)46-6)41-43(33)26-16-23(2)15-24(3)17-26/h7-19,21,44H,20H2,1-6H3,(H2,37,38,45).